The van der Waals surface area contributed by atoms with Gasteiger partial charge in [0.25, 0.3) is 0 Å². The molecule has 5 heteroatoms. The number of carbonyl (C=O) groups is 1. The predicted molar refractivity (Wildman–Crippen MR) is 84.9 cm³/mol. The van der Waals surface area contributed by atoms with Crippen molar-refractivity contribution in [3.8, 4) is 6.07 Å². The van der Waals surface area contributed by atoms with E-state index in [9.17, 15) is 4.79 Å². The fraction of sp³-hybridized carbons (Fsp3) is 0.312. The molecule has 1 heterocycles. The summed E-state index contributed by atoms with van der Waals surface area (Å²) in [6, 6.07) is 13.9. The molecule has 0 saturated carbocycles. The zero-order valence-corrected chi connectivity index (χ0v) is 13.1. The molecule has 0 N–H and O–H groups in total. The van der Waals surface area contributed by atoms with E-state index in [0.29, 0.717) is 0 Å². The summed E-state index contributed by atoms with van der Waals surface area (Å²) in [5.74, 6) is 0.189. The Hall–Kier alpha value is -2.06. The van der Waals surface area contributed by atoms with Crippen LogP contribution in [-0.4, -0.2) is 34.1 Å². The molecule has 0 aliphatic heterocycles. The van der Waals surface area contributed by atoms with Crippen LogP contribution in [0.4, 0.5) is 0 Å². The van der Waals surface area contributed by atoms with Gasteiger partial charge in [0.2, 0.25) is 5.91 Å². The molecule has 0 fully saturated rings. The maximum atomic E-state index is 12.1. The number of thioether (sulfide) groups is 1. The van der Waals surface area contributed by atoms with Gasteiger partial charge in [0.1, 0.15) is 5.54 Å². The highest BCUT2D eigenvalue weighted by Gasteiger charge is 2.27. The summed E-state index contributed by atoms with van der Waals surface area (Å²) in [7, 11) is 1.65. The molecule has 2 rings (SSSR count). The minimum Gasteiger partial charge on any atom is -0.327 e. The first-order valence-corrected chi connectivity index (χ1v) is 7.59. The number of rotatable bonds is 4. The van der Waals surface area contributed by atoms with Crippen molar-refractivity contribution in [2.45, 2.75) is 24.4 Å². The van der Waals surface area contributed by atoms with Crippen molar-refractivity contribution in [2.24, 2.45) is 0 Å². The van der Waals surface area contributed by atoms with Gasteiger partial charge < -0.3 is 4.90 Å². The van der Waals surface area contributed by atoms with Crippen LogP contribution in [0.1, 0.15) is 13.8 Å². The summed E-state index contributed by atoms with van der Waals surface area (Å²) in [5.41, 5.74) is 0.120. The Morgan fingerprint density at radius 3 is 2.76 bits per heavy atom. The van der Waals surface area contributed by atoms with Gasteiger partial charge in [-0.2, -0.15) is 5.26 Å². The number of pyridine rings is 1. The third-order valence-electron chi connectivity index (χ3n) is 3.40. The summed E-state index contributed by atoms with van der Waals surface area (Å²) in [6.07, 6.45) is 0. The second kappa shape index (κ2) is 6.15. The number of aromatic nitrogens is 1. The molecule has 0 radical (unpaired) electrons. The van der Waals surface area contributed by atoms with Crippen molar-refractivity contribution in [2.75, 3.05) is 12.8 Å². The van der Waals surface area contributed by atoms with Crippen LogP contribution in [0.2, 0.25) is 0 Å². The van der Waals surface area contributed by atoms with E-state index in [1.165, 1.54) is 16.7 Å². The van der Waals surface area contributed by atoms with Gasteiger partial charge in [-0.3, -0.25) is 4.79 Å². The van der Waals surface area contributed by atoms with E-state index in [4.69, 9.17) is 5.26 Å². The highest BCUT2D eigenvalue weighted by molar-refractivity contribution is 7.99. The zero-order chi connectivity index (χ0) is 15.5. The molecule has 1 aromatic heterocycles. The lowest BCUT2D eigenvalue weighted by Crippen LogP contribution is -2.44. The van der Waals surface area contributed by atoms with Crippen LogP contribution in [0, 0.1) is 11.3 Å². The summed E-state index contributed by atoms with van der Waals surface area (Å²) < 4.78 is 0. The lowest BCUT2D eigenvalue weighted by atomic mass is 10.1. The van der Waals surface area contributed by atoms with E-state index in [2.05, 4.69) is 11.1 Å². The standard InChI is InChI=1S/C16H17N3OS/c1-16(2,11-17)19(3)15(20)10-21-14-9-8-12-6-4-5-7-13(12)18-14/h4-9H,10H2,1-3H3. The number of para-hydroxylation sites is 1. The molecule has 2 aromatic rings. The zero-order valence-electron chi connectivity index (χ0n) is 12.3. The normalized spacial score (nSPS) is 11.1. The summed E-state index contributed by atoms with van der Waals surface area (Å²) in [4.78, 5) is 18.1. The highest BCUT2D eigenvalue weighted by Crippen LogP contribution is 2.21. The monoisotopic (exact) mass is 299 g/mol. The lowest BCUT2D eigenvalue weighted by Gasteiger charge is -2.28. The van der Waals surface area contributed by atoms with Crippen LogP contribution < -0.4 is 0 Å². The van der Waals surface area contributed by atoms with Crippen molar-refractivity contribution in [1.29, 1.82) is 5.26 Å². The van der Waals surface area contributed by atoms with Crippen molar-refractivity contribution < 1.29 is 4.79 Å². The van der Waals surface area contributed by atoms with Gasteiger partial charge in [0.15, 0.2) is 0 Å². The van der Waals surface area contributed by atoms with E-state index in [-0.39, 0.29) is 11.7 Å². The molecule has 0 bridgehead atoms. The first kappa shape index (κ1) is 15.3. The maximum absolute atomic E-state index is 12.1. The fourth-order valence-corrected chi connectivity index (χ4v) is 2.54. The number of nitrogens with zero attached hydrogens (tertiary/aromatic N) is 3. The fourth-order valence-electron chi connectivity index (χ4n) is 1.75. The van der Waals surface area contributed by atoms with Crippen LogP contribution in [0.5, 0.6) is 0 Å². The molecule has 108 valence electrons. The van der Waals surface area contributed by atoms with E-state index in [0.717, 1.165) is 15.9 Å². The van der Waals surface area contributed by atoms with Crippen molar-refractivity contribution in [3.05, 3.63) is 36.4 Å². The second-order valence-corrected chi connectivity index (χ2v) is 6.25. The average Bonchev–Trinajstić information content (AvgIpc) is 2.51. The van der Waals surface area contributed by atoms with Crippen LogP contribution in [0.25, 0.3) is 10.9 Å². The van der Waals surface area contributed by atoms with Gasteiger partial charge in [-0.25, -0.2) is 4.98 Å². The smallest absolute Gasteiger partial charge is 0.233 e. The molecule has 0 saturated heterocycles. The quantitative estimate of drug-likeness (QED) is 0.814. The van der Waals surface area contributed by atoms with E-state index in [1.807, 2.05) is 36.4 Å². The molecule has 0 aliphatic carbocycles. The highest BCUT2D eigenvalue weighted by atomic mass is 32.2. The molecule has 1 aromatic carbocycles. The first-order chi connectivity index (χ1) is 9.94. The van der Waals surface area contributed by atoms with E-state index < -0.39 is 5.54 Å². The van der Waals surface area contributed by atoms with Crippen molar-refractivity contribution >= 4 is 28.6 Å². The van der Waals surface area contributed by atoms with Crippen molar-refractivity contribution in [3.63, 3.8) is 0 Å². The number of hydrogen-bond donors (Lipinski definition) is 0. The Bertz CT molecular complexity index is 706. The van der Waals surface area contributed by atoms with Gasteiger partial charge in [0.05, 0.1) is 22.4 Å². The number of fused-ring (bicyclic) bond motifs is 1. The third-order valence-corrected chi connectivity index (χ3v) is 4.32. The predicted octanol–water partition coefficient (Wildman–Crippen LogP) is 3.09. The topological polar surface area (TPSA) is 57.0 Å². The SMILES string of the molecule is CN(C(=O)CSc1ccc2ccccc2n1)C(C)(C)C#N. The van der Waals surface area contributed by atoms with Gasteiger partial charge in [-0.1, -0.05) is 36.0 Å². The largest absolute Gasteiger partial charge is 0.327 e. The van der Waals surface area contributed by atoms with E-state index in [1.54, 1.807) is 20.9 Å². The van der Waals surface area contributed by atoms with Crippen LogP contribution >= 0.6 is 11.8 Å². The molecular formula is C16H17N3OS. The lowest BCUT2D eigenvalue weighted by molar-refractivity contribution is -0.130. The Morgan fingerprint density at radius 2 is 2.05 bits per heavy atom. The van der Waals surface area contributed by atoms with Gasteiger partial charge >= 0.3 is 0 Å². The molecule has 0 aliphatic rings. The Morgan fingerprint density at radius 1 is 1.33 bits per heavy atom. The average molecular weight is 299 g/mol. The number of benzene rings is 1. The summed E-state index contributed by atoms with van der Waals surface area (Å²) in [6.45, 7) is 3.45. The first-order valence-electron chi connectivity index (χ1n) is 6.60. The van der Waals surface area contributed by atoms with Crippen LogP contribution in [0.3, 0.4) is 0 Å². The Kier molecular flexibility index (Phi) is 4.49. The third kappa shape index (κ3) is 3.53. The number of amides is 1. The molecule has 0 spiro atoms. The minimum absolute atomic E-state index is 0.0819. The number of hydrogen-bond acceptors (Lipinski definition) is 4. The Labute approximate surface area is 128 Å². The van der Waals surface area contributed by atoms with Gasteiger partial charge in [-0.05, 0) is 26.0 Å². The van der Waals surface area contributed by atoms with Gasteiger partial charge in [-0.15, -0.1) is 0 Å². The van der Waals surface area contributed by atoms with Crippen molar-refractivity contribution in [1.82, 2.24) is 9.88 Å². The minimum atomic E-state index is -0.797. The number of carbonyl (C=O) groups excluding carboxylic acids is 1. The molecule has 4 nitrogen and oxygen atoms in total. The van der Waals surface area contributed by atoms with Crippen LogP contribution in [0.15, 0.2) is 41.4 Å². The van der Waals surface area contributed by atoms with Crippen LogP contribution in [-0.2, 0) is 4.79 Å². The molecular weight excluding hydrogens is 282 g/mol. The second-order valence-electron chi connectivity index (χ2n) is 5.25. The summed E-state index contributed by atoms with van der Waals surface area (Å²) >= 11 is 1.39. The summed E-state index contributed by atoms with van der Waals surface area (Å²) in [5, 5.41) is 10.9. The molecule has 21 heavy (non-hydrogen) atoms. The van der Waals surface area contributed by atoms with E-state index >= 15 is 0 Å². The maximum Gasteiger partial charge on any atom is 0.233 e. The molecule has 1 amide bonds. The molecule has 0 atom stereocenters. The molecule has 0 unspecified atom stereocenters. The Balaban J connectivity index is 2.05. The van der Waals surface area contributed by atoms with Gasteiger partial charge in [0, 0.05) is 12.4 Å². The number of nitriles is 1.